The van der Waals surface area contributed by atoms with Crippen LogP contribution in [0.5, 0.6) is 5.75 Å². The average molecular weight is 299 g/mol. The van der Waals surface area contributed by atoms with Gasteiger partial charge in [0.2, 0.25) is 0 Å². The van der Waals surface area contributed by atoms with E-state index in [1.807, 2.05) is 26.0 Å². The monoisotopic (exact) mass is 299 g/mol. The Kier molecular flexibility index (Phi) is 3.15. The first-order chi connectivity index (χ1) is 10.6. The molecule has 1 aliphatic heterocycles. The van der Waals surface area contributed by atoms with Crippen LogP contribution in [0.1, 0.15) is 29.9 Å². The van der Waals surface area contributed by atoms with Crippen molar-refractivity contribution in [3.8, 4) is 5.75 Å². The number of hydrogen-bond donors (Lipinski definition) is 2. The molecule has 4 rings (SSSR count). The third-order valence-corrected chi connectivity index (χ3v) is 4.73. The fourth-order valence-electron chi connectivity index (χ4n) is 3.65. The van der Waals surface area contributed by atoms with Crippen LogP contribution in [0.15, 0.2) is 21.0 Å². The number of phenolic OH excluding ortho intramolecular Hbond substituents is 1. The maximum Gasteiger partial charge on any atom is 0.177 e. The fraction of sp³-hybridized carbons (Fsp3) is 0.444. The van der Waals surface area contributed by atoms with Crippen LogP contribution in [-0.2, 0) is 6.42 Å². The summed E-state index contributed by atoms with van der Waals surface area (Å²) in [6.07, 6.45) is 3.33. The largest absolute Gasteiger partial charge is 0.504 e. The van der Waals surface area contributed by atoms with Crippen molar-refractivity contribution >= 4 is 21.9 Å². The maximum atomic E-state index is 10.5. The Labute approximate surface area is 129 Å². The van der Waals surface area contributed by atoms with Crippen molar-refractivity contribution in [1.29, 1.82) is 0 Å². The summed E-state index contributed by atoms with van der Waals surface area (Å²) >= 11 is 0. The molecule has 1 aliphatic rings. The van der Waals surface area contributed by atoms with Gasteiger partial charge < -0.3 is 19.3 Å². The molecule has 116 valence electrons. The minimum absolute atomic E-state index is 0.198. The van der Waals surface area contributed by atoms with Crippen LogP contribution in [0.25, 0.3) is 21.9 Å². The molecule has 0 radical (unpaired) electrons. The molecule has 0 saturated carbocycles. The molecule has 22 heavy (non-hydrogen) atoms. The van der Waals surface area contributed by atoms with Crippen LogP contribution in [0, 0.1) is 19.8 Å². The third kappa shape index (κ3) is 2.10. The van der Waals surface area contributed by atoms with E-state index in [0.717, 1.165) is 47.4 Å². The number of piperidine rings is 1. The van der Waals surface area contributed by atoms with E-state index in [2.05, 4.69) is 5.32 Å². The Balaban J connectivity index is 1.93. The van der Waals surface area contributed by atoms with Gasteiger partial charge in [0.05, 0.1) is 5.39 Å². The van der Waals surface area contributed by atoms with Crippen LogP contribution in [-0.4, -0.2) is 18.2 Å². The van der Waals surface area contributed by atoms with Crippen molar-refractivity contribution in [1.82, 2.24) is 5.32 Å². The molecule has 0 aliphatic carbocycles. The van der Waals surface area contributed by atoms with Gasteiger partial charge in [-0.3, -0.25) is 0 Å². The Morgan fingerprint density at radius 3 is 2.41 bits per heavy atom. The quantitative estimate of drug-likeness (QED) is 0.749. The van der Waals surface area contributed by atoms with Gasteiger partial charge in [-0.25, -0.2) is 0 Å². The predicted octanol–water partition coefficient (Wildman–Crippen LogP) is 4.04. The Hall–Kier alpha value is -1.94. The smallest absolute Gasteiger partial charge is 0.177 e. The summed E-state index contributed by atoms with van der Waals surface area (Å²) in [4.78, 5) is 0. The zero-order valence-electron chi connectivity index (χ0n) is 13.0. The van der Waals surface area contributed by atoms with Gasteiger partial charge in [0, 0.05) is 10.9 Å². The first-order valence-corrected chi connectivity index (χ1v) is 7.98. The lowest BCUT2D eigenvalue weighted by Gasteiger charge is -2.22. The average Bonchev–Trinajstić information content (AvgIpc) is 3.08. The van der Waals surface area contributed by atoms with Gasteiger partial charge in [-0.2, -0.15) is 0 Å². The van der Waals surface area contributed by atoms with Gasteiger partial charge in [0.15, 0.2) is 11.3 Å². The van der Waals surface area contributed by atoms with Crippen LogP contribution in [0.4, 0.5) is 0 Å². The normalized spacial score (nSPS) is 16.8. The van der Waals surface area contributed by atoms with E-state index in [-0.39, 0.29) is 5.75 Å². The van der Waals surface area contributed by atoms with Crippen LogP contribution in [0.2, 0.25) is 0 Å². The summed E-state index contributed by atoms with van der Waals surface area (Å²) in [5.74, 6) is 2.49. The Morgan fingerprint density at radius 2 is 1.68 bits per heavy atom. The third-order valence-electron chi connectivity index (χ3n) is 4.73. The first-order valence-electron chi connectivity index (χ1n) is 7.98. The van der Waals surface area contributed by atoms with Gasteiger partial charge in [0.1, 0.15) is 17.1 Å². The highest BCUT2D eigenvalue weighted by Crippen LogP contribution is 2.41. The minimum Gasteiger partial charge on any atom is -0.504 e. The van der Waals surface area contributed by atoms with E-state index in [1.165, 1.54) is 18.4 Å². The van der Waals surface area contributed by atoms with Crippen molar-refractivity contribution in [2.45, 2.75) is 33.1 Å². The van der Waals surface area contributed by atoms with Gasteiger partial charge >= 0.3 is 0 Å². The molecule has 0 bridgehead atoms. The molecule has 4 heteroatoms. The Bertz CT molecular complexity index is 779. The summed E-state index contributed by atoms with van der Waals surface area (Å²) in [5, 5.41) is 15.7. The standard InChI is InChI=1S/C18H21NO3/c1-10-7-13-14(9-12-3-5-19-6-4-12)17-15(8-11(2)21-17)16(20)18(13)22-10/h7-8,12,19-20H,3-6,9H2,1-2H3. The molecule has 2 aromatic heterocycles. The summed E-state index contributed by atoms with van der Waals surface area (Å²) in [6, 6.07) is 3.91. The van der Waals surface area contributed by atoms with E-state index in [9.17, 15) is 5.11 Å². The summed E-state index contributed by atoms with van der Waals surface area (Å²) < 4.78 is 11.7. The molecule has 1 saturated heterocycles. The molecule has 0 atom stereocenters. The number of furan rings is 2. The maximum absolute atomic E-state index is 10.5. The van der Waals surface area contributed by atoms with Crippen molar-refractivity contribution in [2.75, 3.05) is 13.1 Å². The van der Waals surface area contributed by atoms with Gasteiger partial charge in [-0.15, -0.1) is 0 Å². The number of aryl methyl sites for hydroxylation is 2. The van der Waals surface area contributed by atoms with E-state index in [0.29, 0.717) is 11.5 Å². The van der Waals surface area contributed by atoms with Crippen molar-refractivity contribution in [3.05, 3.63) is 29.2 Å². The van der Waals surface area contributed by atoms with Crippen molar-refractivity contribution in [3.63, 3.8) is 0 Å². The number of rotatable bonds is 2. The highest BCUT2D eigenvalue weighted by atomic mass is 16.4. The fourth-order valence-corrected chi connectivity index (χ4v) is 3.65. The number of nitrogens with one attached hydrogen (secondary N) is 1. The lowest BCUT2D eigenvalue weighted by Crippen LogP contribution is -2.28. The highest BCUT2D eigenvalue weighted by molar-refractivity contribution is 6.04. The second-order valence-electron chi connectivity index (χ2n) is 6.42. The van der Waals surface area contributed by atoms with Crippen LogP contribution < -0.4 is 5.32 Å². The van der Waals surface area contributed by atoms with E-state index < -0.39 is 0 Å². The minimum atomic E-state index is 0.198. The Morgan fingerprint density at radius 1 is 1.05 bits per heavy atom. The lowest BCUT2D eigenvalue weighted by atomic mass is 9.89. The summed E-state index contributed by atoms with van der Waals surface area (Å²) in [5.41, 5.74) is 2.59. The zero-order chi connectivity index (χ0) is 15.3. The molecule has 0 spiro atoms. The van der Waals surface area contributed by atoms with Crippen LogP contribution >= 0.6 is 0 Å². The molecule has 4 nitrogen and oxygen atoms in total. The number of fused-ring (bicyclic) bond motifs is 2. The van der Waals surface area contributed by atoms with E-state index in [4.69, 9.17) is 8.83 Å². The molecule has 0 amide bonds. The number of benzene rings is 1. The van der Waals surface area contributed by atoms with Gasteiger partial charge in [-0.1, -0.05) is 0 Å². The number of aromatic hydroxyl groups is 1. The van der Waals surface area contributed by atoms with Gasteiger partial charge in [0.25, 0.3) is 0 Å². The van der Waals surface area contributed by atoms with Gasteiger partial charge in [-0.05, 0) is 64.3 Å². The molecule has 2 N–H and O–H groups in total. The number of phenols is 1. The molecular weight excluding hydrogens is 278 g/mol. The molecule has 3 heterocycles. The SMILES string of the molecule is Cc1cc2c(CC3CCNCC3)c3oc(C)cc3c(O)c2o1. The van der Waals surface area contributed by atoms with Crippen molar-refractivity contribution in [2.24, 2.45) is 5.92 Å². The van der Waals surface area contributed by atoms with E-state index in [1.54, 1.807) is 0 Å². The van der Waals surface area contributed by atoms with Crippen LogP contribution in [0.3, 0.4) is 0 Å². The molecule has 3 aromatic rings. The highest BCUT2D eigenvalue weighted by Gasteiger charge is 2.23. The second-order valence-corrected chi connectivity index (χ2v) is 6.42. The molecule has 0 unspecified atom stereocenters. The number of hydrogen-bond acceptors (Lipinski definition) is 4. The summed E-state index contributed by atoms with van der Waals surface area (Å²) in [6.45, 7) is 5.99. The van der Waals surface area contributed by atoms with Crippen molar-refractivity contribution < 1.29 is 13.9 Å². The zero-order valence-corrected chi connectivity index (χ0v) is 13.0. The molecule has 1 aromatic carbocycles. The first kappa shape index (κ1) is 13.7. The molecule has 1 fully saturated rings. The van der Waals surface area contributed by atoms with E-state index >= 15 is 0 Å². The molecular formula is C18H21NO3. The second kappa shape index (κ2) is 5.06. The lowest BCUT2D eigenvalue weighted by molar-refractivity contribution is 0.372. The topological polar surface area (TPSA) is 58.5 Å². The predicted molar refractivity (Wildman–Crippen MR) is 86.4 cm³/mol. The summed E-state index contributed by atoms with van der Waals surface area (Å²) in [7, 11) is 0.